The molecule has 1 fully saturated rings. The van der Waals surface area contributed by atoms with E-state index in [0.29, 0.717) is 6.54 Å². The zero-order valence-electron chi connectivity index (χ0n) is 16.3. The second kappa shape index (κ2) is 12.4. The molecule has 0 aliphatic carbocycles. The average Bonchev–Trinajstić information content (AvgIpc) is 2.85. The first-order valence-corrected chi connectivity index (χ1v) is 17.6. The zero-order valence-corrected chi connectivity index (χ0v) is 20.5. The van der Waals surface area contributed by atoms with Crippen molar-refractivity contribution in [2.45, 2.75) is 82.5 Å². The first kappa shape index (κ1) is 24.8. The van der Waals surface area contributed by atoms with Crippen molar-refractivity contribution in [2.75, 3.05) is 19.1 Å². The highest BCUT2D eigenvalue weighted by molar-refractivity contribution is 9.01. The fourth-order valence-electron chi connectivity index (χ4n) is 3.22. The molecule has 1 aliphatic heterocycles. The van der Waals surface area contributed by atoms with E-state index in [1.54, 1.807) is 0 Å². The summed E-state index contributed by atoms with van der Waals surface area (Å²) in [6, 6.07) is 0. The van der Waals surface area contributed by atoms with Crippen LogP contribution in [0.1, 0.15) is 77.6 Å². The molecule has 0 bridgehead atoms. The lowest BCUT2D eigenvalue weighted by Gasteiger charge is -2.24. The quantitative estimate of drug-likeness (QED) is 0.241. The second-order valence-corrected chi connectivity index (χ2v) is 21.0. The van der Waals surface area contributed by atoms with Gasteiger partial charge in [-0.3, -0.25) is 4.79 Å². The molecule has 0 spiro atoms. The minimum absolute atomic E-state index is 0.0685. The summed E-state index contributed by atoms with van der Waals surface area (Å²) < 4.78 is 24.5. The Balaban J connectivity index is 2.35. The number of hydrogen-bond donors (Lipinski definition) is 0. The molecular weight excluding hydrogens is 425 g/mol. The van der Waals surface area contributed by atoms with Crippen LogP contribution in [0.15, 0.2) is 0 Å². The minimum Gasteiger partial charge on any atom is -0.274 e. The SMILES string of the molecule is CCCCCCCCCCCCN1C(=O)CC(P(=S)(SC)SC)S1(=O)=O. The molecule has 1 heterocycles. The maximum absolute atomic E-state index is 12.8. The van der Waals surface area contributed by atoms with Gasteiger partial charge in [0.15, 0.2) is 0 Å². The summed E-state index contributed by atoms with van der Waals surface area (Å²) in [6.45, 7) is 2.55. The Labute approximate surface area is 173 Å². The number of hydrogen-bond acceptors (Lipinski definition) is 6. The Morgan fingerprint density at radius 1 is 1.00 bits per heavy atom. The summed E-state index contributed by atoms with van der Waals surface area (Å²) in [5.74, 6) is -0.261. The number of sulfonamides is 1. The van der Waals surface area contributed by atoms with E-state index in [9.17, 15) is 13.2 Å². The number of carbonyl (C=O) groups excluding carboxylic acids is 1. The van der Waals surface area contributed by atoms with Gasteiger partial charge in [0.2, 0.25) is 15.9 Å². The smallest absolute Gasteiger partial charge is 0.247 e. The van der Waals surface area contributed by atoms with Gasteiger partial charge >= 0.3 is 0 Å². The van der Waals surface area contributed by atoms with E-state index in [1.807, 2.05) is 12.5 Å². The van der Waals surface area contributed by atoms with Gasteiger partial charge in [-0.2, -0.15) is 0 Å². The molecule has 0 aromatic carbocycles. The molecule has 0 radical (unpaired) electrons. The first-order chi connectivity index (χ1) is 12.3. The van der Waals surface area contributed by atoms with Crippen LogP contribution in [0.3, 0.4) is 0 Å². The Hall–Kier alpha value is 0.770. The summed E-state index contributed by atoms with van der Waals surface area (Å²) in [4.78, 5) is 11.6. The van der Waals surface area contributed by atoms with Crippen molar-refractivity contribution in [3.05, 3.63) is 0 Å². The molecule has 26 heavy (non-hydrogen) atoms. The molecular formula is C17H34NO3PS4. The topological polar surface area (TPSA) is 54.5 Å². The largest absolute Gasteiger partial charge is 0.274 e. The van der Waals surface area contributed by atoms with Gasteiger partial charge in [0.05, 0.1) is 10.9 Å². The fourth-order valence-corrected chi connectivity index (χ4v) is 15.6. The van der Waals surface area contributed by atoms with E-state index in [-0.39, 0.29) is 12.3 Å². The van der Waals surface area contributed by atoms with E-state index in [4.69, 9.17) is 11.8 Å². The number of unbranched alkanes of at least 4 members (excludes halogenated alkanes) is 9. The maximum Gasteiger partial charge on any atom is 0.247 e. The van der Waals surface area contributed by atoms with Crippen molar-refractivity contribution in [3.8, 4) is 0 Å². The summed E-state index contributed by atoms with van der Waals surface area (Å²) in [6.07, 6.45) is 15.7. The molecule has 1 unspecified atom stereocenters. The van der Waals surface area contributed by atoms with Gasteiger partial charge in [-0.25, -0.2) is 12.7 Å². The summed E-state index contributed by atoms with van der Waals surface area (Å²) in [7, 11) is -3.58. The molecule has 1 atom stereocenters. The first-order valence-electron chi connectivity index (χ1n) is 9.59. The van der Waals surface area contributed by atoms with Crippen LogP contribution in [0.5, 0.6) is 0 Å². The van der Waals surface area contributed by atoms with Gasteiger partial charge in [0, 0.05) is 6.54 Å². The van der Waals surface area contributed by atoms with E-state index < -0.39 is 19.5 Å². The van der Waals surface area contributed by atoms with Crippen LogP contribution in [0.4, 0.5) is 0 Å². The molecule has 0 N–H and O–H groups in total. The van der Waals surface area contributed by atoms with Crippen molar-refractivity contribution < 1.29 is 13.2 Å². The monoisotopic (exact) mass is 459 g/mol. The molecule has 0 aromatic rings. The number of rotatable bonds is 14. The number of nitrogens with zero attached hydrogens (tertiary/aromatic N) is 1. The Kier molecular flexibility index (Phi) is 11.8. The van der Waals surface area contributed by atoms with Crippen LogP contribution in [0.2, 0.25) is 0 Å². The predicted octanol–water partition coefficient (Wildman–Crippen LogP) is 5.83. The van der Waals surface area contributed by atoms with Crippen molar-refractivity contribution in [1.29, 1.82) is 0 Å². The molecule has 0 aromatic heterocycles. The van der Waals surface area contributed by atoms with E-state index in [2.05, 4.69) is 6.92 Å². The van der Waals surface area contributed by atoms with Crippen molar-refractivity contribution in [3.63, 3.8) is 0 Å². The maximum atomic E-state index is 12.8. The molecule has 1 saturated heterocycles. The van der Waals surface area contributed by atoms with Gasteiger partial charge in [0.1, 0.15) is 4.99 Å². The molecule has 9 heteroatoms. The van der Waals surface area contributed by atoms with Crippen LogP contribution >= 0.6 is 27.2 Å². The second-order valence-electron chi connectivity index (χ2n) is 6.76. The van der Waals surface area contributed by atoms with E-state index in [1.165, 1.54) is 67.7 Å². The third kappa shape index (κ3) is 6.98. The van der Waals surface area contributed by atoms with Gasteiger partial charge in [-0.1, -0.05) is 76.5 Å². The van der Waals surface area contributed by atoms with Crippen LogP contribution < -0.4 is 0 Å². The van der Waals surface area contributed by atoms with Crippen LogP contribution in [0, 0.1) is 0 Å². The minimum atomic E-state index is -3.58. The van der Waals surface area contributed by atoms with Crippen molar-refractivity contribution >= 4 is 54.9 Å². The lowest BCUT2D eigenvalue weighted by atomic mass is 10.1. The van der Waals surface area contributed by atoms with Crippen LogP contribution in [-0.4, -0.2) is 42.7 Å². The molecule has 154 valence electrons. The zero-order chi connectivity index (χ0) is 19.6. The lowest BCUT2D eigenvalue weighted by Crippen LogP contribution is -2.32. The molecule has 4 nitrogen and oxygen atoms in total. The average molecular weight is 460 g/mol. The normalized spacial score (nSPS) is 20.0. The van der Waals surface area contributed by atoms with Crippen LogP contribution in [0.25, 0.3) is 0 Å². The van der Waals surface area contributed by atoms with Crippen LogP contribution in [-0.2, 0) is 26.6 Å². The summed E-state index contributed by atoms with van der Waals surface area (Å²) in [5, 5.41) is 0. The van der Waals surface area contributed by atoms with Gasteiger partial charge in [0.25, 0.3) is 0 Å². The van der Waals surface area contributed by atoms with E-state index in [0.717, 1.165) is 23.6 Å². The van der Waals surface area contributed by atoms with Crippen molar-refractivity contribution in [2.24, 2.45) is 0 Å². The van der Waals surface area contributed by atoms with Gasteiger partial charge in [-0.05, 0) is 18.9 Å². The summed E-state index contributed by atoms with van der Waals surface area (Å²) in [5.41, 5.74) is 0. The Bertz CT molecular complexity index is 575. The highest BCUT2D eigenvalue weighted by Crippen LogP contribution is 2.73. The Morgan fingerprint density at radius 3 is 1.92 bits per heavy atom. The standard InChI is InChI=1S/C17H34NO3PS4/c1-4-5-6-7-8-9-10-11-12-13-14-18-16(19)15-17(26(18,20)21)22(23,24-2)25-3/h17H,4-15H2,1-3H3. The highest BCUT2D eigenvalue weighted by atomic mass is 33.2. The molecule has 1 amide bonds. The third-order valence-electron chi connectivity index (χ3n) is 4.85. The predicted molar refractivity (Wildman–Crippen MR) is 122 cm³/mol. The van der Waals surface area contributed by atoms with Gasteiger partial charge in [-0.15, -0.1) is 22.8 Å². The fraction of sp³-hybridized carbons (Fsp3) is 0.941. The molecule has 1 rings (SSSR count). The number of amides is 1. The highest BCUT2D eigenvalue weighted by Gasteiger charge is 2.50. The van der Waals surface area contributed by atoms with Gasteiger partial charge < -0.3 is 0 Å². The van der Waals surface area contributed by atoms with Crippen molar-refractivity contribution in [1.82, 2.24) is 4.31 Å². The third-order valence-corrected chi connectivity index (χ3v) is 22.3. The molecule has 1 aliphatic rings. The molecule has 0 saturated carbocycles. The lowest BCUT2D eigenvalue weighted by molar-refractivity contribution is -0.125. The Morgan fingerprint density at radius 2 is 1.46 bits per heavy atom. The summed E-state index contributed by atoms with van der Waals surface area (Å²) >= 11 is 8.52. The van der Waals surface area contributed by atoms with E-state index >= 15 is 0 Å². The number of carbonyl (C=O) groups is 1.